The van der Waals surface area contributed by atoms with Crippen LogP contribution in [0.1, 0.15) is 46.0 Å². The Bertz CT molecular complexity index is 586. The fourth-order valence-corrected chi connectivity index (χ4v) is 20.8. The Morgan fingerprint density at radius 2 is 1.63 bits per heavy atom. The molecule has 5 heteroatoms. The number of rotatable bonds is 8. The minimum Gasteiger partial charge on any atom is -0.436 e. The van der Waals surface area contributed by atoms with Gasteiger partial charge in [-0.1, -0.05) is 87.6 Å². The molecule has 0 amide bonds. The zero-order valence-corrected chi connectivity index (χ0v) is 22.0. The predicted octanol–water partition coefficient (Wildman–Crippen LogP) is 6.66. The van der Waals surface area contributed by atoms with E-state index in [0.717, 1.165) is 5.54 Å². The van der Waals surface area contributed by atoms with Gasteiger partial charge >= 0.3 is 8.56 Å². The lowest BCUT2D eigenvalue weighted by Gasteiger charge is -2.54. The highest BCUT2D eigenvalue weighted by molar-refractivity contribution is 6.93. The normalized spacial score (nSPS) is 25.9. The molecule has 0 unspecified atom stereocenters. The van der Waals surface area contributed by atoms with Crippen LogP contribution in [0.3, 0.4) is 0 Å². The van der Waals surface area contributed by atoms with E-state index < -0.39 is 25.0 Å². The maximum atomic E-state index is 6.76. The van der Waals surface area contributed by atoms with Gasteiger partial charge in [0, 0.05) is 11.6 Å². The van der Waals surface area contributed by atoms with Crippen LogP contribution in [-0.2, 0) is 8.54 Å². The Morgan fingerprint density at radius 3 is 2.19 bits per heavy atom. The summed E-state index contributed by atoms with van der Waals surface area (Å²) >= 11 is 0. The quantitative estimate of drug-likeness (QED) is 0.344. The van der Waals surface area contributed by atoms with Crippen molar-refractivity contribution in [2.24, 2.45) is 0 Å². The third-order valence-electron chi connectivity index (χ3n) is 6.53. The Kier molecular flexibility index (Phi) is 7.76. The second kappa shape index (κ2) is 9.08. The maximum Gasteiger partial charge on any atom is 0.321 e. The van der Waals surface area contributed by atoms with Crippen LogP contribution in [0.25, 0.3) is 0 Å². The Labute approximate surface area is 171 Å². The van der Waals surface area contributed by atoms with Crippen molar-refractivity contribution in [2.45, 2.75) is 102 Å². The molecule has 27 heavy (non-hydrogen) atoms. The first-order valence-electron chi connectivity index (χ1n) is 10.9. The van der Waals surface area contributed by atoms with E-state index in [2.05, 4.69) is 83.5 Å². The van der Waals surface area contributed by atoms with Crippen LogP contribution >= 0.6 is 0 Å². The van der Waals surface area contributed by atoms with Gasteiger partial charge in [-0.15, -0.1) is 0 Å². The fourth-order valence-electron chi connectivity index (χ4n) is 5.49. The molecule has 0 saturated carbocycles. The van der Waals surface area contributed by atoms with Crippen molar-refractivity contribution in [1.82, 2.24) is 0 Å². The monoisotopic (exact) mass is 422 g/mol. The summed E-state index contributed by atoms with van der Waals surface area (Å²) in [7, 11) is -5.45. The van der Waals surface area contributed by atoms with Gasteiger partial charge in [0.05, 0.1) is 8.07 Å². The lowest BCUT2D eigenvalue weighted by atomic mass is 10.1. The standard InChI is InChI=1S/C22H42O2Si3/c1-9-10-11-15-18-21(25(3,4)20-16-13-12-14-17-20)22-19(2)23-27(7,8)24-26(22,5)6/h12-14,16-17,19,21-22H,9-11,15,18H2,1-8H3/t19-,21+,22+/m1/s1. The molecule has 0 aromatic heterocycles. The molecule has 0 N–H and O–H groups in total. The van der Waals surface area contributed by atoms with Gasteiger partial charge in [0.25, 0.3) is 0 Å². The van der Waals surface area contributed by atoms with Crippen LogP contribution in [0.15, 0.2) is 30.3 Å². The maximum absolute atomic E-state index is 6.76. The molecule has 0 radical (unpaired) electrons. The first-order valence-corrected chi connectivity index (χ1v) is 19.8. The van der Waals surface area contributed by atoms with Crippen molar-refractivity contribution in [3.63, 3.8) is 0 Å². The summed E-state index contributed by atoms with van der Waals surface area (Å²) in [5.41, 5.74) is 1.31. The van der Waals surface area contributed by atoms with Crippen LogP contribution in [0.4, 0.5) is 0 Å². The second-order valence-corrected chi connectivity index (χ2v) is 22.5. The zero-order valence-electron chi connectivity index (χ0n) is 19.0. The second-order valence-electron chi connectivity index (χ2n) is 10.00. The number of hydrogen-bond donors (Lipinski definition) is 0. The van der Waals surface area contributed by atoms with E-state index >= 15 is 0 Å². The summed E-state index contributed by atoms with van der Waals surface area (Å²) in [4.78, 5) is 0. The largest absolute Gasteiger partial charge is 0.436 e. The van der Waals surface area contributed by atoms with Crippen LogP contribution in [0.5, 0.6) is 0 Å². The number of unbranched alkanes of at least 4 members (excludes halogenated alkanes) is 3. The molecule has 1 heterocycles. The summed E-state index contributed by atoms with van der Waals surface area (Å²) in [5, 5.41) is 1.59. The molecule has 1 aromatic carbocycles. The molecular formula is C22H42O2Si3. The van der Waals surface area contributed by atoms with Crippen molar-refractivity contribution < 1.29 is 8.54 Å². The molecule has 1 aliphatic heterocycles. The highest BCUT2D eigenvalue weighted by atomic mass is 28.4. The van der Waals surface area contributed by atoms with Crippen LogP contribution in [-0.4, -0.2) is 31.1 Å². The molecule has 1 aromatic rings. The van der Waals surface area contributed by atoms with Crippen molar-refractivity contribution in [1.29, 1.82) is 0 Å². The first-order chi connectivity index (χ1) is 12.5. The minimum absolute atomic E-state index is 0.328. The van der Waals surface area contributed by atoms with E-state index in [4.69, 9.17) is 8.54 Å². The SMILES string of the molecule is CCCCCC[C@@H]([C@@H]1[C@@H](C)O[Si](C)(C)O[Si]1(C)C)[Si](C)(C)c1ccccc1. The first kappa shape index (κ1) is 23.1. The molecule has 154 valence electrons. The van der Waals surface area contributed by atoms with Crippen LogP contribution < -0.4 is 5.19 Å². The van der Waals surface area contributed by atoms with Gasteiger partial charge in [0.1, 0.15) is 0 Å². The summed E-state index contributed by atoms with van der Waals surface area (Å²) < 4.78 is 13.3. The molecule has 0 spiro atoms. The van der Waals surface area contributed by atoms with Crippen LogP contribution in [0.2, 0.25) is 50.4 Å². The zero-order chi connectivity index (χ0) is 20.3. The minimum atomic E-state index is -1.98. The van der Waals surface area contributed by atoms with Crippen LogP contribution in [0, 0.1) is 0 Å². The number of benzene rings is 1. The van der Waals surface area contributed by atoms with Gasteiger partial charge in [-0.25, -0.2) is 0 Å². The molecule has 2 nitrogen and oxygen atoms in total. The average Bonchev–Trinajstić information content (AvgIpc) is 2.55. The summed E-state index contributed by atoms with van der Waals surface area (Å²) in [6.45, 7) is 19.2. The van der Waals surface area contributed by atoms with E-state index in [1.807, 2.05) is 0 Å². The molecule has 0 bridgehead atoms. The molecule has 0 aliphatic carbocycles. The smallest absolute Gasteiger partial charge is 0.321 e. The average molecular weight is 423 g/mol. The summed E-state index contributed by atoms with van der Waals surface area (Å²) in [5.74, 6) is 0. The van der Waals surface area contributed by atoms with Crippen molar-refractivity contribution in [2.75, 3.05) is 0 Å². The van der Waals surface area contributed by atoms with Gasteiger partial charge in [-0.05, 0) is 38.7 Å². The highest BCUT2D eigenvalue weighted by Crippen LogP contribution is 2.50. The molecule has 1 saturated heterocycles. The summed E-state index contributed by atoms with van der Waals surface area (Å²) in [6.07, 6.45) is 7.01. The summed E-state index contributed by atoms with van der Waals surface area (Å²) in [6, 6.07) is 11.3. The van der Waals surface area contributed by atoms with Gasteiger partial charge in [-0.2, -0.15) is 0 Å². The van der Waals surface area contributed by atoms with Crippen molar-refractivity contribution in [3.05, 3.63) is 30.3 Å². The van der Waals surface area contributed by atoms with E-state index in [0.29, 0.717) is 11.6 Å². The fraction of sp³-hybridized carbons (Fsp3) is 0.727. The predicted molar refractivity (Wildman–Crippen MR) is 126 cm³/mol. The molecule has 2 rings (SSSR count). The molecule has 1 fully saturated rings. The lowest BCUT2D eigenvalue weighted by molar-refractivity contribution is 0.124. The Morgan fingerprint density at radius 1 is 1.00 bits per heavy atom. The Hall–Kier alpha value is -0.209. The van der Waals surface area contributed by atoms with E-state index in [1.54, 1.807) is 5.19 Å². The lowest BCUT2D eigenvalue weighted by Crippen LogP contribution is -2.63. The third kappa shape index (κ3) is 5.66. The Balaban J connectivity index is 2.36. The topological polar surface area (TPSA) is 18.5 Å². The molecule has 3 atom stereocenters. The van der Waals surface area contributed by atoms with Gasteiger partial charge in [0.2, 0.25) is 0 Å². The molecule has 1 aliphatic rings. The highest BCUT2D eigenvalue weighted by Gasteiger charge is 2.55. The third-order valence-corrected chi connectivity index (χ3v) is 18.7. The van der Waals surface area contributed by atoms with Crippen molar-refractivity contribution in [3.8, 4) is 0 Å². The molecular weight excluding hydrogens is 380 g/mol. The van der Waals surface area contributed by atoms with E-state index in [1.165, 1.54) is 32.1 Å². The van der Waals surface area contributed by atoms with Gasteiger partial charge in [-0.3, -0.25) is 0 Å². The van der Waals surface area contributed by atoms with Gasteiger partial charge < -0.3 is 8.54 Å². The van der Waals surface area contributed by atoms with E-state index in [9.17, 15) is 0 Å². The number of hydrogen-bond acceptors (Lipinski definition) is 2. The van der Waals surface area contributed by atoms with E-state index in [-0.39, 0.29) is 0 Å². The van der Waals surface area contributed by atoms with Gasteiger partial charge in [0.15, 0.2) is 8.32 Å². The van der Waals surface area contributed by atoms with Crippen molar-refractivity contribution >= 4 is 30.1 Å².